The van der Waals surface area contributed by atoms with E-state index in [2.05, 4.69) is 20.3 Å². The third-order valence-corrected chi connectivity index (χ3v) is 4.95. The number of anilines is 1. The van der Waals surface area contributed by atoms with Gasteiger partial charge in [-0.2, -0.15) is 0 Å². The number of amides is 1. The van der Waals surface area contributed by atoms with Gasteiger partial charge in [0.2, 0.25) is 0 Å². The van der Waals surface area contributed by atoms with Gasteiger partial charge in [0.25, 0.3) is 5.91 Å². The number of carboxylic acids is 1. The lowest BCUT2D eigenvalue weighted by atomic mass is 9.95. The molecule has 3 N–H and O–H groups in total. The fourth-order valence-electron chi connectivity index (χ4n) is 3.31. The van der Waals surface area contributed by atoms with Crippen molar-refractivity contribution >= 4 is 28.9 Å². The molecule has 1 aliphatic rings. The largest absolute Gasteiger partial charge is 0.481 e. The second-order valence-electron chi connectivity index (χ2n) is 7.03. The maximum Gasteiger partial charge on any atom is 0.307 e. The first-order chi connectivity index (χ1) is 14.4. The molecule has 1 amide bonds. The Kier molecular flexibility index (Phi) is 5.02. The Morgan fingerprint density at radius 1 is 1.23 bits per heavy atom. The summed E-state index contributed by atoms with van der Waals surface area (Å²) in [6, 6.07) is 8.70. The fourth-order valence-corrected chi connectivity index (χ4v) is 3.31. The van der Waals surface area contributed by atoms with E-state index in [-0.39, 0.29) is 24.8 Å². The molecule has 0 radical (unpaired) electrons. The number of carboxylic acid groups (broad SMARTS) is 1. The summed E-state index contributed by atoms with van der Waals surface area (Å²) in [6.07, 6.45) is 3.43. The fraction of sp³-hybridized carbons (Fsp3) is 0.250. The average molecular weight is 409 g/mol. The highest BCUT2D eigenvalue weighted by Gasteiger charge is 2.40. The summed E-state index contributed by atoms with van der Waals surface area (Å²) in [5.74, 6) is -1.11. The van der Waals surface area contributed by atoms with Gasteiger partial charge in [0.05, 0.1) is 19.4 Å². The lowest BCUT2D eigenvalue weighted by Gasteiger charge is -2.26. The van der Waals surface area contributed by atoms with Gasteiger partial charge in [-0.3, -0.25) is 14.2 Å². The van der Waals surface area contributed by atoms with E-state index >= 15 is 0 Å². The summed E-state index contributed by atoms with van der Waals surface area (Å²) in [4.78, 5) is 36.3. The number of ether oxygens (including phenoxy) is 1. The number of carbonyl (C=O) groups excluding carboxylic acids is 1. The monoisotopic (exact) mass is 409 g/mol. The van der Waals surface area contributed by atoms with Crippen molar-refractivity contribution in [1.82, 2.24) is 19.5 Å². The number of hydrogen-bond donors (Lipinski definition) is 3. The molecule has 2 unspecified atom stereocenters. The summed E-state index contributed by atoms with van der Waals surface area (Å²) < 4.78 is 7.52. The predicted octanol–water partition coefficient (Wildman–Crippen LogP) is 1.76. The summed E-state index contributed by atoms with van der Waals surface area (Å²) in [6.45, 7) is 1.25. The van der Waals surface area contributed by atoms with Crippen LogP contribution in [-0.4, -0.2) is 53.8 Å². The summed E-state index contributed by atoms with van der Waals surface area (Å²) >= 11 is 0. The van der Waals surface area contributed by atoms with Gasteiger partial charge >= 0.3 is 5.97 Å². The Bertz CT molecular complexity index is 1140. The molecule has 4 rings (SSSR count). The summed E-state index contributed by atoms with van der Waals surface area (Å²) in [5.41, 5.74) is 0.554. The zero-order chi connectivity index (χ0) is 21.3. The van der Waals surface area contributed by atoms with Gasteiger partial charge in [-0.1, -0.05) is 18.2 Å². The number of hydrogen-bond acceptors (Lipinski definition) is 7. The molecule has 0 bridgehead atoms. The maximum atomic E-state index is 12.5. The van der Waals surface area contributed by atoms with Crippen LogP contribution < -0.4 is 5.32 Å². The minimum Gasteiger partial charge on any atom is -0.481 e. The SMILES string of the molecule is CC1(CO)OC(n2cnc3c(NC(=O)c4ccccc4)ncnc32)C=C1CC(=O)O. The molecule has 0 saturated heterocycles. The molecule has 0 saturated carbocycles. The van der Waals surface area contributed by atoms with Gasteiger partial charge in [-0.25, -0.2) is 15.0 Å². The first-order valence-corrected chi connectivity index (χ1v) is 9.17. The van der Waals surface area contributed by atoms with Crippen molar-refractivity contribution in [3.63, 3.8) is 0 Å². The van der Waals surface area contributed by atoms with Crippen LogP contribution in [0.5, 0.6) is 0 Å². The van der Waals surface area contributed by atoms with E-state index in [0.717, 1.165) is 0 Å². The summed E-state index contributed by atoms with van der Waals surface area (Å²) in [7, 11) is 0. The Labute approximate surface area is 170 Å². The Balaban J connectivity index is 1.66. The number of benzene rings is 1. The highest BCUT2D eigenvalue weighted by molar-refractivity contribution is 6.06. The number of aliphatic hydroxyl groups is 1. The van der Waals surface area contributed by atoms with Crippen LogP contribution in [-0.2, 0) is 9.53 Å². The van der Waals surface area contributed by atoms with Gasteiger partial charge in [-0.05, 0) is 30.7 Å². The molecule has 3 heterocycles. The van der Waals surface area contributed by atoms with E-state index < -0.39 is 17.8 Å². The van der Waals surface area contributed by atoms with E-state index in [1.54, 1.807) is 41.8 Å². The van der Waals surface area contributed by atoms with Gasteiger partial charge in [0.15, 0.2) is 23.2 Å². The van der Waals surface area contributed by atoms with E-state index in [9.17, 15) is 14.7 Å². The Hall–Kier alpha value is -3.63. The van der Waals surface area contributed by atoms with Gasteiger partial charge in [0, 0.05) is 5.56 Å². The van der Waals surface area contributed by atoms with Crippen molar-refractivity contribution in [1.29, 1.82) is 0 Å². The highest BCUT2D eigenvalue weighted by Crippen LogP contribution is 2.38. The van der Waals surface area contributed by atoms with Crippen LogP contribution in [0.4, 0.5) is 5.82 Å². The zero-order valence-corrected chi connectivity index (χ0v) is 16.0. The highest BCUT2D eigenvalue weighted by atomic mass is 16.5. The molecule has 1 aromatic carbocycles. The molecular formula is C20H19N5O5. The number of fused-ring (bicyclic) bond motifs is 1. The number of aromatic nitrogens is 4. The molecule has 10 heteroatoms. The quantitative estimate of drug-likeness (QED) is 0.523. The van der Waals surface area contributed by atoms with Crippen LogP contribution in [0.1, 0.15) is 29.9 Å². The molecule has 0 aliphatic carbocycles. The maximum absolute atomic E-state index is 12.5. The van der Waals surface area contributed by atoms with E-state index in [1.807, 2.05) is 6.07 Å². The van der Waals surface area contributed by atoms with Crippen molar-refractivity contribution in [2.75, 3.05) is 11.9 Å². The number of aliphatic hydroxyl groups excluding tert-OH is 1. The van der Waals surface area contributed by atoms with Crippen LogP contribution >= 0.6 is 0 Å². The van der Waals surface area contributed by atoms with Crippen LogP contribution in [0.3, 0.4) is 0 Å². The second-order valence-corrected chi connectivity index (χ2v) is 7.03. The standard InChI is InChI=1S/C20H19N5O5/c1-20(9-26)13(8-15(27)28)7-14(30-20)25-11-23-16-17(21-10-22-18(16)25)24-19(29)12-5-3-2-4-6-12/h2-7,10-11,14,26H,8-9H2,1H3,(H,27,28)(H,21,22,24,29). The third-order valence-electron chi connectivity index (χ3n) is 4.95. The molecule has 2 atom stereocenters. The van der Waals surface area contributed by atoms with Crippen molar-refractivity contribution in [3.05, 3.63) is 60.2 Å². The number of carbonyl (C=O) groups is 2. The molecule has 10 nitrogen and oxygen atoms in total. The number of nitrogens with zero attached hydrogens (tertiary/aromatic N) is 4. The molecule has 3 aromatic rings. The smallest absolute Gasteiger partial charge is 0.307 e. The Morgan fingerprint density at radius 3 is 2.70 bits per heavy atom. The van der Waals surface area contributed by atoms with Crippen molar-refractivity contribution in [2.45, 2.75) is 25.2 Å². The third kappa shape index (κ3) is 3.53. The van der Waals surface area contributed by atoms with Crippen LogP contribution in [0.2, 0.25) is 0 Å². The zero-order valence-electron chi connectivity index (χ0n) is 16.0. The topological polar surface area (TPSA) is 139 Å². The molecule has 30 heavy (non-hydrogen) atoms. The number of rotatable bonds is 6. The van der Waals surface area contributed by atoms with Crippen molar-refractivity contribution < 1.29 is 24.5 Å². The van der Waals surface area contributed by atoms with Gasteiger partial charge in [0.1, 0.15) is 11.9 Å². The van der Waals surface area contributed by atoms with Crippen LogP contribution in [0.25, 0.3) is 11.2 Å². The molecule has 154 valence electrons. The van der Waals surface area contributed by atoms with Crippen molar-refractivity contribution in [3.8, 4) is 0 Å². The number of nitrogens with one attached hydrogen (secondary N) is 1. The minimum absolute atomic E-state index is 0.241. The molecular weight excluding hydrogens is 390 g/mol. The van der Waals surface area contributed by atoms with Crippen LogP contribution in [0.15, 0.2) is 54.6 Å². The van der Waals surface area contributed by atoms with E-state index in [1.165, 1.54) is 12.7 Å². The lowest BCUT2D eigenvalue weighted by molar-refractivity contribution is -0.137. The first-order valence-electron chi connectivity index (χ1n) is 9.17. The van der Waals surface area contributed by atoms with Gasteiger partial charge < -0.3 is 20.3 Å². The molecule has 0 fully saturated rings. The first kappa shape index (κ1) is 19.7. The molecule has 1 aliphatic heterocycles. The lowest BCUT2D eigenvalue weighted by Crippen LogP contribution is -2.33. The molecule has 2 aromatic heterocycles. The number of aliphatic carboxylic acids is 1. The second kappa shape index (κ2) is 7.65. The van der Waals surface area contributed by atoms with E-state index in [0.29, 0.717) is 22.3 Å². The average Bonchev–Trinajstić information content (AvgIpc) is 3.31. The minimum atomic E-state index is -1.13. The number of imidazole rings is 1. The van der Waals surface area contributed by atoms with Crippen LogP contribution in [0, 0.1) is 0 Å². The Morgan fingerprint density at radius 2 is 2.00 bits per heavy atom. The van der Waals surface area contributed by atoms with Crippen molar-refractivity contribution in [2.24, 2.45) is 0 Å². The predicted molar refractivity (Wildman–Crippen MR) is 106 cm³/mol. The van der Waals surface area contributed by atoms with E-state index in [4.69, 9.17) is 9.84 Å². The normalized spacial score (nSPS) is 20.9. The molecule has 0 spiro atoms. The van der Waals surface area contributed by atoms with Gasteiger partial charge in [-0.15, -0.1) is 0 Å². The summed E-state index contributed by atoms with van der Waals surface area (Å²) in [5, 5.41) is 21.6.